The number of nitrogens with zero attached hydrogens (tertiary/aromatic N) is 3. The van der Waals surface area contributed by atoms with Gasteiger partial charge in [-0.2, -0.15) is 0 Å². The van der Waals surface area contributed by atoms with Crippen molar-refractivity contribution in [3.63, 3.8) is 0 Å². The molecule has 4 rings (SSSR count). The minimum atomic E-state index is 0.260. The van der Waals surface area contributed by atoms with Crippen molar-refractivity contribution in [3.8, 4) is 11.1 Å². The highest BCUT2D eigenvalue weighted by atomic mass is 16.1. The molecule has 2 aromatic heterocycles. The van der Waals surface area contributed by atoms with Crippen LogP contribution in [0.5, 0.6) is 0 Å². The van der Waals surface area contributed by atoms with Crippen LogP contribution in [0.1, 0.15) is 81.6 Å². The van der Waals surface area contributed by atoms with Crippen molar-refractivity contribution >= 4 is 5.91 Å². The van der Waals surface area contributed by atoms with Crippen LogP contribution in [0.15, 0.2) is 30.7 Å². The van der Waals surface area contributed by atoms with E-state index in [2.05, 4.69) is 15.3 Å². The van der Waals surface area contributed by atoms with Crippen molar-refractivity contribution in [2.24, 2.45) is 11.8 Å². The van der Waals surface area contributed by atoms with Gasteiger partial charge in [-0.05, 0) is 75.0 Å². The van der Waals surface area contributed by atoms with Gasteiger partial charge in [-0.3, -0.25) is 9.78 Å². The Morgan fingerprint density at radius 3 is 2.47 bits per heavy atom. The monoisotopic (exact) mass is 406 g/mol. The van der Waals surface area contributed by atoms with E-state index in [0.717, 1.165) is 55.6 Å². The summed E-state index contributed by atoms with van der Waals surface area (Å²) in [5.41, 5.74) is 3.44. The number of rotatable bonds is 6. The van der Waals surface area contributed by atoms with E-state index in [1.807, 2.05) is 37.6 Å². The molecular weight excluding hydrogens is 372 g/mol. The van der Waals surface area contributed by atoms with Crippen LogP contribution in [0.25, 0.3) is 11.1 Å². The van der Waals surface area contributed by atoms with Crippen LogP contribution in [0.2, 0.25) is 0 Å². The molecular formula is C25H34N4O. The van der Waals surface area contributed by atoms with Crippen LogP contribution in [0.4, 0.5) is 0 Å². The summed E-state index contributed by atoms with van der Waals surface area (Å²) >= 11 is 0. The fourth-order valence-electron chi connectivity index (χ4n) is 5.18. The highest BCUT2D eigenvalue weighted by molar-refractivity contribution is 5.76. The van der Waals surface area contributed by atoms with E-state index >= 15 is 0 Å². The van der Waals surface area contributed by atoms with Crippen LogP contribution in [-0.2, 0) is 4.79 Å². The van der Waals surface area contributed by atoms with E-state index in [0.29, 0.717) is 17.8 Å². The van der Waals surface area contributed by atoms with E-state index in [1.165, 1.54) is 37.8 Å². The fraction of sp³-hybridized carbons (Fsp3) is 0.600. The molecule has 5 nitrogen and oxygen atoms in total. The third-order valence-electron chi connectivity index (χ3n) is 6.95. The van der Waals surface area contributed by atoms with Gasteiger partial charge in [-0.15, -0.1) is 0 Å². The van der Waals surface area contributed by atoms with Crippen molar-refractivity contribution in [2.75, 3.05) is 6.54 Å². The zero-order chi connectivity index (χ0) is 20.8. The number of hydrogen-bond donors (Lipinski definition) is 1. The molecule has 0 atom stereocenters. The summed E-state index contributed by atoms with van der Waals surface area (Å²) in [6.45, 7) is 2.80. The van der Waals surface area contributed by atoms with E-state index in [1.54, 1.807) is 0 Å². The van der Waals surface area contributed by atoms with Crippen molar-refractivity contribution in [1.82, 2.24) is 20.3 Å². The number of carbonyl (C=O) groups excluding carboxylic acids is 1. The molecule has 1 amide bonds. The summed E-state index contributed by atoms with van der Waals surface area (Å²) in [4.78, 5) is 25.8. The van der Waals surface area contributed by atoms with Crippen LogP contribution in [0, 0.1) is 18.8 Å². The van der Waals surface area contributed by atoms with E-state index in [-0.39, 0.29) is 5.91 Å². The number of carbonyl (C=O) groups is 1. The maximum absolute atomic E-state index is 12.3. The van der Waals surface area contributed by atoms with Crippen molar-refractivity contribution in [3.05, 3.63) is 42.2 Å². The van der Waals surface area contributed by atoms with E-state index in [4.69, 9.17) is 4.98 Å². The lowest BCUT2D eigenvalue weighted by Gasteiger charge is -2.29. The molecule has 0 aromatic carbocycles. The quantitative estimate of drug-likeness (QED) is 0.715. The third kappa shape index (κ3) is 5.44. The topological polar surface area (TPSA) is 67.8 Å². The number of amides is 1. The van der Waals surface area contributed by atoms with Gasteiger partial charge in [0.15, 0.2) is 0 Å². The molecule has 5 heteroatoms. The minimum Gasteiger partial charge on any atom is -0.356 e. The summed E-state index contributed by atoms with van der Waals surface area (Å²) in [6, 6.07) is 4.07. The van der Waals surface area contributed by atoms with Crippen molar-refractivity contribution in [1.29, 1.82) is 0 Å². The van der Waals surface area contributed by atoms with Gasteiger partial charge in [0.05, 0.1) is 5.69 Å². The predicted molar refractivity (Wildman–Crippen MR) is 119 cm³/mol. The van der Waals surface area contributed by atoms with Gasteiger partial charge in [0, 0.05) is 43.0 Å². The molecule has 0 saturated heterocycles. The first kappa shape index (κ1) is 21.0. The first-order valence-corrected chi connectivity index (χ1v) is 11.7. The Hall–Kier alpha value is -2.30. The lowest BCUT2D eigenvalue weighted by atomic mass is 9.79. The summed E-state index contributed by atoms with van der Waals surface area (Å²) in [5.74, 6) is 2.75. The second-order valence-electron chi connectivity index (χ2n) is 9.18. The minimum absolute atomic E-state index is 0.260. The predicted octanol–water partition coefficient (Wildman–Crippen LogP) is 5.21. The van der Waals surface area contributed by atoms with Gasteiger partial charge in [-0.1, -0.05) is 19.3 Å². The summed E-state index contributed by atoms with van der Waals surface area (Å²) in [7, 11) is 0. The van der Waals surface area contributed by atoms with Crippen LogP contribution < -0.4 is 5.32 Å². The average molecular weight is 407 g/mol. The SMILES string of the molecule is Cc1ncc(-c2ccncc2)c(C2CCC(CNC(=O)CC3CCCCC3)CC2)n1. The Morgan fingerprint density at radius 2 is 1.73 bits per heavy atom. The van der Waals surface area contributed by atoms with E-state index in [9.17, 15) is 4.79 Å². The molecule has 2 heterocycles. The summed E-state index contributed by atoms with van der Waals surface area (Å²) in [5, 5.41) is 3.23. The van der Waals surface area contributed by atoms with Crippen molar-refractivity contribution in [2.45, 2.75) is 77.0 Å². The third-order valence-corrected chi connectivity index (χ3v) is 6.95. The lowest BCUT2D eigenvalue weighted by molar-refractivity contribution is -0.122. The van der Waals surface area contributed by atoms with Gasteiger partial charge in [0.2, 0.25) is 5.91 Å². The molecule has 2 aliphatic carbocycles. The molecule has 2 fully saturated rings. The summed E-state index contributed by atoms with van der Waals surface area (Å²) < 4.78 is 0. The zero-order valence-electron chi connectivity index (χ0n) is 18.1. The molecule has 160 valence electrons. The highest BCUT2D eigenvalue weighted by Crippen LogP contribution is 2.38. The van der Waals surface area contributed by atoms with Gasteiger partial charge in [-0.25, -0.2) is 9.97 Å². The molecule has 2 saturated carbocycles. The van der Waals surface area contributed by atoms with Crippen LogP contribution in [0.3, 0.4) is 0 Å². The molecule has 2 aromatic rings. The molecule has 30 heavy (non-hydrogen) atoms. The molecule has 0 spiro atoms. The Balaban J connectivity index is 1.30. The molecule has 1 N–H and O–H groups in total. The van der Waals surface area contributed by atoms with Gasteiger partial charge in [0.1, 0.15) is 5.82 Å². The fourth-order valence-corrected chi connectivity index (χ4v) is 5.18. The maximum Gasteiger partial charge on any atom is 0.220 e. The Bertz CT molecular complexity index is 824. The molecule has 0 aliphatic heterocycles. The Labute approximate surface area is 180 Å². The van der Waals surface area contributed by atoms with Crippen LogP contribution in [-0.4, -0.2) is 27.4 Å². The first-order chi connectivity index (χ1) is 14.7. The maximum atomic E-state index is 12.3. The zero-order valence-corrected chi connectivity index (χ0v) is 18.1. The second-order valence-corrected chi connectivity index (χ2v) is 9.18. The molecule has 0 bridgehead atoms. The molecule has 0 unspecified atom stereocenters. The van der Waals surface area contributed by atoms with Crippen LogP contribution >= 0.6 is 0 Å². The Morgan fingerprint density at radius 1 is 1.00 bits per heavy atom. The molecule has 2 aliphatic rings. The second kappa shape index (κ2) is 10.1. The smallest absolute Gasteiger partial charge is 0.220 e. The molecule has 0 radical (unpaired) electrons. The number of pyridine rings is 1. The van der Waals surface area contributed by atoms with Gasteiger partial charge >= 0.3 is 0 Å². The van der Waals surface area contributed by atoms with Gasteiger partial charge < -0.3 is 5.32 Å². The Kier molecular flexibility index (Phi) is 7.08. The number of aromatic nitrogens is 3. The van der Waals surface area contributed by atoms with E-state index < -0.39 is 0 Å². The highest BCUT2D eigenvalue weighted by Gasteiger charge is 2.26. The van der Waals surface area contributed by atoms with Crippen molar-refractivity contribution < 1.29 is 4.79 Å². The first-order valence-electron chi connectivity index (χ1n) is 11.7. The lowest BCUT2D eigenvalue weighted by Crippen LogP contribution is -2.32. The number of nitrogens with one attached hydrogen (secondary N) is 1. The van der Waals surface area contributed by atoms with Gasteiger partial charge in [0.25, 0.3) is 0 Å². The summed E-state index contributed by atoms with van der Waals surface area (Å²) in [6.07, 6.45) is 17.3. The standard InChI is InChI=1S/C25H34N4O/c1-18-27-17-23(21-11-13-26-14-12-21)25(29-18)22-9-7-20(8-10-22)16-28-24(30)15-19-5-3-2-4-6-19/h11-14,17,19-20,22H,2-10,15-16H2,1H3,(H,28,30). The average Bonchev–Trinajstić information content (AvgIpc) is 2.79. The largest absolute Gasteiger partial charge is 0.356 e. The number of hydrogen-bond acceptors (Lipinski definition) is 4. The number of aryl methyl sites for hydroxylation is 1. The normalized spacial score (nSPS) is 22.6.